The summed E-state index contributed by atoms with van der Waals surface area (Å²) >= 11 is 0. The number of hydrogen-bond donors (Lipinski definition) is 1. The number of pyridine rings is 1. The summed E-state index contributed by atoms with van der Waals surface area (Å²) in [6.07, 6.45) is 0.841. The molecule has 2 N–H and O–H groups in total. The zero-order valence-electron chi connectivity index (χ0n) is 7.34. The molecular formula is C9H13FN2. The van der Waals surface area contributed by atoms with E-state index in [4.69, 9.17) is 5.73 Å². The van der Waals surface area contributed by atoms with E-state index in [0.717, 1.165) is 12.0 Å². The van der Waals surface area contributed by atoms with E-state index >= 15 is 0 Å². The average Bonchev–Trinajstić information content (AvgIpc) is 2.03. The molecule has 0 spiro atoms. The van der Waals surface area contributed by atoms with Crippen molar-refractivity contribution in [3.8, 4) is 0 Å². The highest BCUT2D eigenvalue weighted by atomic mass is 19.1. The lowest BCUT2D eigenvalue weighted by Crippen LogP contribution is -2.11. The van der Waals surface area contributed by atoms with Gasteiger partial charge in [-0.25, -0.2) is 4.98 Å². The van der Waals surface area contributed by atoms with Crippen LogP contribution in [0.25, 0.3) is 0 Å². The van der Waals surface area contributed by atoms with E-state index in [-0.39, 0.29) is 6.04 Å². The molecule has 12 heavy (non-hydrogen) atoms. The number of aryl methyl sites for hydroxylation is 1. The molecule has 0 saturated heterocycles. The van der Waals surface area contributed by atoms with Crippen LogP contribution in [-0.4, -0.2) is 4.98 Å². The predicted molar refractivity (Wildman–Crippen MR) is 46.2 cm³/mol. The van der Waals surface area contributed by atoms with E-state index in [1.807, 2.05) is 6.92 Å². The Bertz CT molecular complexity index is 273. The molecule has 1 atom stereocenters. The summed E-state index contributed by atoms with van der Waals surface area (Å²) in [4.78, 5) is 3.70. The molecule has 0 aliphatic rings. The first kappa shape index (κ1) is 9.13. The van der Waals surface area contributed by atoms with Gasteiger partial charge in [0, 0.05) is 11.7 Å². The first-order valence-electron chi connectivity index (χ1n) is 4.03. The zero-order valence-corrected chi connectivity index (χ0v) is 7.34. The molecule has 1 aromatic heterocycles. The summed E-state index contributed by atoms with van der Waals surface area (Å²) in [7, 11) is 0. The lowest BCUT2D eigenvalue weighted by Gasteiger charge is -2.10. The van der Waals surface area contributed by atoms with E-state index in [9.17, 15) is 4.39 Å². The maximum atomic E-state index is 12.6. The minimum absolute atomic E-state index is 0.0295. The first-order chi connectivity index (χ1) is 5.65. The molecule has 0 amide bonds. The quantitative estimate of drug-likeness (QED) is 0.685. The van der Waals surface area contributed by atoms with Gasteiger partial charge in [-0.2, -0.15) is 4.39 Å². The van der Waals surface area contributed by atoms with Crippen LogP contribution in [0, 0.1) is 12.9 Å². The van der Waals surface area contributed by atoms with E-state index in [2.05, 4.69) is 4.98 Å². The zero-order chi connectivity index (χ0) is 9.14. The van der Waals surface area contributed by atoms with Crippen molar-refractivity contribution in [2.45, 2.75) is 26.3 Å². The van der Waals surface area contributed by atoms with Crippen LogP contribution in [0.1, 0.15) is 30.6 Å². The Morgan fingerprint density at radius 2 is 2.25 bits per heavy atom. The summed E-state index contributed by atoms with van der Waals surface area (Å²) in [5.74, 6) is -0.445. The minimum Gasteiger partial charge on any atom is -0.324 e. The first-order valence-corrected chi connectivity index (χ1v) is 4.03. The number of halogens is 1. The van der Waals surface area contributed by atoms with Gasteiger partial charge in [-0.3, -0.25) is 0 Å². The Morgan fingerprint density at radius 3 is 2.75 bits per heavy atom. The number of nitrogens with two attached hydrogens (primary N) is 1. The van der Waals surface area contributed by atoms with E-state index < -0.39 is 5.95 Å². The van der Waals surface area contributed by atoms with Crippen LogP contribution >= 0.6 is 0 Å². The third kappa shape index (κ3) is 1.80. The molecule has 66 valence electrons. The van der Waals surface area contributed by atoms with Crippen LogP contribution < -0.4 is 5.73 Å². The van der Waals surface area contributed by atoms with E-state index in [0.29, 0.717) is 5.69 Å². The van der Waals surface area contributed by atoms with E-state index in [1.165, 1.54) is 6.07 Å². The molecule has 3 heteroatoms. The number of nitrogens with zero attached hydrogens (tertiary/aromatic N) is 1. The molecule has 0 fully saturated rings. The maximum absolute atomic E-state index is 12.6. The number of rotatable bonds is 2. The summed E-state index contributed by atoms with van der Waals surface area (Å²) in [5, 5.41) is 0. The Labute approximate surface area is 71.6 Å². The third-order valence-corrected chi connectivity index (χ3v) is 1.93. The second-order valence-electron chi connectivity index (χ2n) is 2.82. The van der Waals surface area contributed by atoms with Gasteiger partial charge in [0.15, 0.2) is 0 Å². The molecule has 0 aliphatic carbocycles. The van der Waals surface area contributed by atoms with Crippen LogP contribution in [0.3, 0.4) is 0 Å². The van der Waals surface area contributed by atoms with Crippen LogP contribution in [0.15, 0.2) is 12.1 Å². The van der Waals surface area contributed by atoms with Crippen LogP contribution in [0.4, 0.5) is 4.39 Å². The largest absolute Gasteiger partial charge is 0.324 e. The summed E-state index contributed by atoms with van der Waals surface area (Å²) in [6, 6.07) is 3.02. The van der Waals surface area contributed by atoms with Gasteiger partial charge in [0.1, 0.15) is 0 Å². The topological polar surface area (TPSA) is 38.9 Å². The standard InChI is InChI=1S/C9H13FN2/c1-3-8(11)7-4-5-9(10)12-6(7)2/h4-5,8H,3,11H2,1-2H3. The van der Waals surface area contributed by atoms with Gasteiger partial charge in [-0.15, -0.1) is 0 Å². The smallest absolute Gasteiger partial charge is 0.213 e. The second kappa shape index (κ2) is 3.63. The fourth-order valence-corrected chi connectivity index (χ4v) is 1.15. The van der Waals surface area contributed by atoms with Gasteiger partial charge in [0.25, 0.3) is 0 Å². The molecular weight excluding hydrogens is 155 g/mol. The lowest BCUT2D eigenvalue weighted by molar-refractivity contribution is 0.573. The van der Waals surface area contributed by atoms with Crippen LogP contribution in [0.2, 0.25) is 0 Å². The van der Waals surface area contributed by atoms with Crippen molar-refractivity contribution in [3.05, 3.63) is 29.3 Å². The predicted octanol–water partition coefficient (Wildman–Crippen LogP) is 1.94. The van der Waals surface area contributed by atoms with Crippen molar-refractivity contribution in [2.75, 3.05) is 0 Å². The minimum atomic E-state index is -0.445. The molecule has 0 bridgehead atoms. The SMILES string of the molecule is CCC(N)c1ccc(F)nc1C. The number of aromatic nitrogens is 1. The Balaban J connectivity index is 3.01. The van der Waals surface area contributed by atoms with Crippen molar-refractivity contribution >= 4 is 0 Å². The molecule has 1 unspecified atom stereocenters. The molecule has 1 heterocycles. The second-order valence-corrected chi connectivity index (χ2v) is 2.82. The molecule has 1 aromatic rings. The van der Waals surface area contributed by atoms with Gasteiger partial charge in [0.2, 0.25) is 5.95 Å². The van der Waals surface area contributed by atoms with E-state index in [1.54, 1.807) is 13.0 Å². The van der Waals surface area contributed by atoms with Gasteiger partial charge >= 0.3 is 0 Å². The highest BCUT2D eigenvalue weighted by molar-refractivity contribution is 5.22. The van der Waals surface area contributed by atoms with Crippen molar-refractivity contribution in [1.29, 1.82) is 0 Å². The van der Waals surface area contributed by atoms with Crippen molar-refractivity contribution in [2.24, 2.45) is 5.73 Å². The maximum Gasteiger partial charge on any atom is 0.213 e. The van der Waals surface area contributed by atoms with Gasteiger partial charge in [0.05, 0.1) is 0 Å². The molecule has 0 saturated carbocycles. The van der Waals surface area contributed by atoms with Crippen molar-refractivity contribution in [3.63, 3.8) is 0 Å². The lowest BCUT2D eigenvalue weighted by atomic mass is 10.0. The fourth-order valence-electron chi connectivity index (χ4n) is 1.15. The normalized spacial score (nSPS) is 13.0. The number of hydrogen-bond acceptors (Lipinski definition) is 2. The van der Waals surface area contributed by atoms with Gasteiger partial charge < -0.3 is 5.73 Å². The molecule has 0 aliphatic heterocycles. The summed E-state index contributed by atoms with van der Waals surface area (Å²) in [6.45, 7) is 3.77. The molecule has 0 radical (unpaired) electrons. The van der Waals surface area contributed by atoms with Crippen LogP contribution in [-0.2, 0) is 0 Å². The van der Waals surface area contributed by atoms with Crippen molar-refractivity contribution in [1.82, 2.24) is 4.98 Å². The Kier molecular flexibility index (Phi) is 2.76. The highest BCUT2D eigenvalue weighted by Gasteiger charge is 2.07. The van der Waals surface area contributed by atoms with Crippen LogP contribution in [0.5, 0.6) is 0 Å². The van der Waals surface area contributed by atoms with Gasteiger partial charge in [-0.1, -0.05) is 13.0 Å². The average molecular weight is 168 g/mol. The molecule has 2 nitrogen and oxygen atoms in total. The molecule has 1 rings (SSSR count). The monoisotopic (exact) mass is 168 g/mol. The summed E-state index contributed by atoms with van der Waals surface area (Å²) in [5.41, 5.74) is 7.40. The third-order valence-electron chi connectivity index (χ3n) is 1.93. The van der Waals surface area contributed by atoms with Crippen molar-refractivity contribution < 1.29 is 4.39 Å². The highest BCUT2D eigenvalue weighted by Crippen LogP contribution is 2.16. The Morgan fingerprint density at radius 1 is 1.58 bits per heavy atom. The molecule has 0 aromatic carbocycles. The summed E-state index contributed by atoms with van der Waals surface area (Å²) < 4.78 is 12.6. The Hall–Kier alpha value is -0.960. The van der Waals surface area contributed by atoms with Gasteiger partial charge in [-0.05, 0) is 25.0 Å². The fraction of sp³-hybridized carbons (Fsp3) is 0.444.